The summed E-state index contributed by atoms with van der Waals surface area (Å²) in [6, 6.07) is 10.6. The second-order valence-electron chi connectivity index (χ2n) is 4.07. The number of nitrogens with zero attached hydrogens (tertiary/aromatic N) is 2. The van der Waals surface area contributed by atoms with Crippen LogP contribution in [0, 0.1) is 0 Å². The summed E-state index contributed by atoms with van der Waals surface area (Å²) in [6.45, 7) is 4.01. The Morgan fingerprint density at radius 2 is 2.05 bits per heavy atom. The quantitative estimate of drug-likeness (QED) is 0.502. The Hall–Kier alpha value is -2.95. The molecular formula is C16H15N3O2. The molecule has 0 saturated heterocycles. The normalized spacial score (nSPS) is 10.3. The summed E-state index contributed by atoms with van der Waals surface area (Å²) >= 11 is 0. The first kappa shape index (κ1) is 14.5. The fraction of sp³-hybridized carbons (Fsp3) is 0.0625. The number of rotatable bonds is 6. The second-order valence-corrected chi connectivity index (χ2v) is 4.07. The number of aromatic nitrogens is 1. The van der Waals surface area contributed by atoms with E-state index in [0.717, 1.165) is 5.56 Å². The van der Waals surface area contributed by atoms with E-state index >= 15 is 0 Å². The molecule has 106 valence electrons. The molecule has 0 aliphatic heterocycles. The number of carbonyl (C=O) groups excluding carboxylic acids is 1. The van der Waals surface area contributed by atoms with Gasteiger partial charge in [0.2, 0.25) is 0 Å². The third-order valence-electron chi connectivity index (χ3n) is 2.59. The molecule has 5 heteroatoms. The molecule has 0 bridgehead atoms. The fourth-order valence-electron chi connectivity index (χ4n) is 1.60. The van der Waals surface area contributed by atoms with Crippen molar-refractivity contribution >= 4 is 12.1 Å². The summed E-state index contributed by atoms with van der Waals surface area (Å²) in [7, 11) is 0. The van der Waals surface area contributed by atoms with Crippen molar-refractivity contribution in [3.05, 3.63) is 72.6 Å². The van der Waals surface area contributed by atoms with Crippen LogP contribution in [0.25, 0.3) is 0 Å². The number of amides is 1. The van der Waals surface area contributed by atoms with Crippen molar-refractivity contribution in [2.24, 2.45) is 5.10 Å². The molecule has 0 unspecified atom stereocenters. The van der Waals surface area contributed by atoms with Gasteiger partial charge in [-0.3, -0.25) is 9.78 Å². The van der Waals surface area contributed by atoms with E-state index in [1.165, 1.54) is 6.21 Å². The van der Waals surface area contributed by atoms with Gasteiger partial charge in [0.05, 0.1) is 6.21 Å². The molecule has 1 heterocycles. The minimum atomic E-state index is -0.293. The predicted octanol–water partition coefficient (Wildman–Crippen LogP) is 2.41. The minimum Gasteiger partial charge on any atom is -0.489 e. The van der Waals surface area contributed by atoms with Crippen molar-refractivity contribution in [2.45, 2.75) is 0 Å². The van der Waals surface area contributed by atoms with Gasteiger partial charge in [0, 0.05) is 23.5 Å². The van der Waals surface area contributed by atoms with E-state index in [1.54, 1.807) is 30.6 Å². The Kier molecular flexibility index (Phi) is 5.23. The summed E-state index contributed by atoms with van der Waals surface area (Å²) in [5.74, 6) is 0.387. The number of hydrazone groups is 1. The third-order valence-corrected chi connectivity index (χ3v) is 2.59. The zero-order valence-corrected chi connectivity index (χ0v) is 11.4. The molecule has 0 radical (unpaired) electrons. The van der Waals surface area contributed by atoms with Crippen molar-refractivity contribution in [2.75, 3.05) is 6.61 Å². The number of ether oxygens (including phenoxy) is 1. The van der Waals surface area contributed by atoms with Crippen LogP contribution in [0.1, 0.15) is 15.9 Å². The first-order valence-electron chi connectivity index (χ1n) is 6.37. The average molecular weight is 281 g/mol. The summed E-state index contributed by atoms with van der Waals surface area (Å²) in [6.07, 6.45) is 6.31. The first-order chi connectivity index (χ1) is 10.3. The lowest BCUT2D eigenvalue weighted by Crippen LogP contribution is -2.17. The van der Waals surface area contributed by atoms with E-state index < -0.39 is 0 Å². The monoisotopic (exact) mass is 281 g/mol. The molecular weight excluding hydrogens is 266 g/mol. The van der Waals surface area contributed by atoms with E-state index in [0.29, 0.717) is 17.9 Å². The van der Waals surface area contributed by atoms with Gasteiger partial charge in [-0.25, -0.2) is 5.43 Å². The van der Waals surface area contributed by atoms with Crippen molar-refractivity contribution in [3.63, 3.8) is 0 Å². The van der Waals surface area contributed by atoms with Crippen molar-refractivity contribution in [3.8, 4) is 5.75 Å². The third kappa shape index (κ3) is 4.28. The number of nitrogens with one attached hydrogen (secondary N) is 1. The van der Waals surface area contributed by atoms with Gasteiger partial charge >= 0.3 is 0 Å². The van der Waals surface area contributed by atoms with Crippen LogP contribution >= 0.6 is 0 Å². The highest BCUT2D eigenvalue weighted by Crippen LogP contribution is 2.15. The molecule has 0 aliphatic rings. The maximum absolute atomic E-state index is 11.8. The Balaban J connectivity index is 2.01. The largest absolute Gasteiger partial charge is 0.489 e. The van der Waals surface area contributed by atoms with Crippen LogP contribution in [0.15, 0.2) is 66.5 Å². The Labute approximate surface area is 123 Å². The van der Waals surface area contributed by atoms with Crippen LogP contribution in [-0.2, 0) is 0 Å². The molecule has 21 heavy (non-hydrogen) atoms. The molecule has 2 rings (SSSR count). The molecule has 0 atom stereocenters. The van der Waals surface area contributed by atoms with Crippen LogP contribution in [0.3, 0.4) is 0 Å². The molecule has 1 N–H and O–H groups in total. The smallest absolute Gasteiger partial charge is 0.271 e. The van der Waals surface area contributed by atoms with Gasteiger partial charge in [-0.15, -0.1) is 0 Å². The Morgan fingerprint density at radius 1 is 1.29 bits per heavy atom. The second kappa shape index (κ2) is 7.59. The topological polar surface area (TPSA) is 63.6 Å². The van der Waals surface area contributed by atoms with E-state index in [1.807, 2.05) is 24.3 Å². The van der Waals surface area contributed by atoms with Gasteiger partial charge < -0.3 is 4.74 Å². The number of carbonyl (C=O) groups is 1. The van der Waals surface area contributed by atoms with Gasteiger partial charge in [0.25, 0.3) is 5.91 Å². The van der Waals surface area contributed by atoms with Crippen LogP contribution in [0.5, 0.6) is 5.75 Å². The maximum Gasteiger partial charge on any atom is 0.271 e. The first-order valence-corrected chi connectivity index (χ1v) is 6.37. The number of para-hydroxylation sites is 1. The standard InChI is InChI=1S/C16H15N3O2/c1-2-11-21-15-6-4-3-5-14(15)12-18-19-16(20)13-7-9-17-10-8-13/h2-10,12H,1,11H2,(H,19,20). The zero-order valence-electron chi connectivity index (χ0n) is 11.4. The lowest BCUT2D eigenvalue weighted by molar-refractivity contribution is 0.0955. The van der Waals surface area contributed by atoms with Gasteiger partial charge in [-0.05, 0) is 24.3 Å². The van der Waals surface area contributed by atoms with Crippen LogP contribution in [0.4, 0.5) is 0 Å². The SMILES string of the molecule is C=CCOc1ccccc1C=NNC(=O)c1ccncc1. The summed E-state index contributed by atoms with van der Waals surface area (Å²) in [5, 5.41) is 3.94. The van der Waals surface area contributed by atoms with E-state index in [-0.39, 0.29) is 5.91 Å². The van der Waals surface area contributed by atoms with Gasteiger partial charge in [-0.2, -0.15) is 5.10 Å². The molecule has 1 amide bonds. The lowest BCUT2D eigenvalue weighted by atomic mass is 10.2. The Morgan fingerprint density at radius 3 is 2.81 bits per heavy atom. The van der Waals surface area contributed by atoms with Gasteiger partial charge in [0.1, 0.15) is 12.4 Å². The molecule has 1 aromatic carbocycles. The molecule has 1 aromatic heterocycles. The van der Waals surface area contributed by atoms with Crippen LogP contribution in [0.2, 0.25) is 0 Å². The van der Waals surface area contributed by atoms with Gasteiger partial charge in [-0.1, -0.05) is 24.8 Å². The highest BCUT2D eigenvalue weighted by molar-refractivity contribution is 5.94. The lowest BCUT2D eigenvalue weighted by Gasteiger charge is -2.06. The fourth-order valence-corrected chi connectivity index (χ4v) is 1.60. The highest BCUT2D eigenvalue weighted by Gasteiger charge is 2.03. The zero-order chi connectivity index (χ0) is 14.9. The van der Waals surface area contributed by atoms with Crippen LogP contribution in [-0.4, -0.2) is 23.7 Å². The van der Waals surface area contributed by atoms with Crippen molar-refractivity contribution in [1.82, 2.24) is 10.4 Å². The van der Waals surface area contributed by atoms with E-state index in [9.17, 15) is 4.79 Å². The van der Waals surface area contributed by atoms with Crippen molar-refractivity contribution < 1.29 is 9.53 Å². The molecule has 0 aliphatic carbocycles. The molecule has 5 nitrogen and oxygen atoms in total. The number of benzene rings is 1. The molecule has 0 spiro atoms. The summed E-state index contributed by atoms with van der Waals surface area (Å²) < 4.78 is 5.50. The van der Waals surface area contributed by atoms with Crippen molar-refractivity contribution in [1.29, 1.82) is 0 Å². The summed E-state index contributed by atoms with van der Waals surface area (Å²) in [5.41, 5.74) is 3.73. The molecule has 2 aromatic rings. The predicted molar refractivity (Wildman–Crippen MR) is 81.4 cm³/mol. The molecule has 0 saturated carbocycles. The summed E-state index contributed by atoms with van der Waals surface area (Å²) in [4.78, 5) is 15.6. The number of hydrogen-bond donors (Lipinski definition) is 1. The van der Waals surface area contributed by atoms with Crippen LogP contribution < -0.4 is 10.2 Å². The molecule has 0 fully saturated rings. The van der Waals surface area contributed by atoms with Gasteiger partial charge in [0.15, 0.2) is 0 Å². The maximum atomic E-state index is 11.8. The highest BCUT2D eigenvalue weighted by atomic mass is 16.5. The van der Waals surface area contributed by atoms with E-state index in [2.05, 4.69) is 22.1 Å². The number of pyridine rings is 1. The average Bonchev–Trinajstić information content (AvgIpc) is 2.54. The number of hydrogen-bond acceptors (Lipinski definition) is 4. The Bertz CT molecular complexity index is 639. The minimum absolute atomic E-state index is 0.293. The van der Waals surface area contributed by atoms with E-state index in [4.69, 9.17) is 4.74 Å².